The van der Waals surface area contributed by atoms with Crippen LogP contribution in [0.25, 0.3) is 11.0 Å². The van der Waals surface area contributed by atoms with Crippen LogP contribution in [0.5, 0.6) is 0 Å². The van der Waals surface area contributed by atoms with Gasteiger partial charge in [-0.25, -0.2) is 17.4 Å². The van der Waals surface area contributed by atoms with Crippen molar-refractivity contribution in [1.82, 2.24) is 14.3 Å². The smallest absolute Gasteiger partial charge is 0.269 e. The van der Waals surface area contributed by atoms with Gasteiger partial charge in [0.05, 0.1) is 4.90 Å². The summed E-state index contributed by atoms with van der Waals surface area (Å²) in [6, 6.07) is 8.61. The summed E-state index contributed by atoms with van der Waals surface area (Å²) < 4.78 is 27.8. The van der Waals surface area contributed by atoms with Crippen molar-refractivity contribution in [2.24, 2.45) is 0 Å². The van der Waals surface area contributed by atoms with E-state index in [0.717, 1.165) is 42.4 Å². The molecule has 4 rings (SSSR count). The molecule has 1 N–H and O–H groups in total. The number of halogens is 1. The molecule has 3 heterocycles. The van der Waals surface area contributed by atoms with Gasteiger partial charge in [-0.05, 0) is 67.6 Å². The van der Waals surface area contributed by atoms with Crippen molar-refractivity contribution in [3.8, 4) is 0 Å². The predicted molar refractivity (Wildman–Crippen MR) is 103 cm³/mol. The van der Waals surface area contributed by atoms with Crippen LogP contribution in [0.1, 0.15) is 29.9 Å². The molecule has 0 amide bonds. The standard InChI is InChI=1S/C19H20ClN3O2S/c1-13-6-7-15(10-18(13)20)26(24,25)23-12-17(14-4-2-8-21-11-14)16-5-3-9-22-19(16)23/h3,5-7,9-10,12,14,21H,2,4,8,11H2,1H3. The fourth-order valence-electron chi connectivity index (χ4n) is 3.53. The van der Waals surface area contributed by atoms with Crippen LogP contribution in [-0.2, 0) is 10.0 Å². The molecule has 0 saturated carbocycles. The Morgan fingerprint density at radius 2 is 2.15 bits per heavy atom. The molecule has 2 aromatic heterocycles. The first kappa shape index (κ1) is 17.5. The minimum absolute atomic E-state index is 0.170. The molecule has 1 atom stereocenters. The van der Waals surface area contributed by atoms with Crippen molar-refractivity contribution in [1.29, 1.82) is 0 Å². The Labute approximate surface area is 158 Å². The van der Waals surface area contributed by atoms with E-state index in [2.05, 4.69) is 10.3 Å². The first-order chi connectivity index (χ1) is 12.5. The molecule has 0 spiro atoms. The molecular formula is C19H20ClN3O2S. The lowest BCUT2D eigenvalue weighted by molar-refractivity contribution is 0.463. The van der Waals surface area contributed by atoms with Gasteiger partial charge in [0, 0.05) is 29.3 Å². The highest BCUT2D eigenvalue weighted by atomic mass is 35.5. The Hall–Kier alpha value is -1.89. The second-order valence-corrected chi connectivity index (χ2v) is 8.94. The number of aryl methyl sites for hydroxylation is 1. The first-order valence-electron chi connectivity index (χ1n) is 8.67. The molecule has 1 unspecified atom stereocenters. The number of aromatic nitrogens is 2. The minimum Gasteiger partial charge on any atom is -0.316 e. The third-order valence-electron chi connectivity index (χ3n) is 5.00. The van der Waals surface area contributed by atoms with E-state index < -0.39 is 10.0 Å². The average molecular weight is 390 g/mol. The minimum atomic E-state index is -3.77. The maximum atomic E-state index is 13.3. The molecule has 3 aromatic rings. The largest absolute Gasteiger partial charge is 0.316 e. The van der Waals surface area contributed by atoms with E-state index in [0.29, 0.717) is 10.7 Å². The molecule has 5 nitrogen and oxygen atoms in total. The van der Waals surface area contributed by atoms with Crippen LogP contribution in [0.4, 0.5) is 0 Å². The third kappa shape index (κ3) is 2.92. The van der Waals surface area contributed by atoms with Gasteiger partial charge < -0.3 is 5.32 Å². The molecule has 1 fully saturated rings. The van der Waals surface area contributed by atoms with Gasteiger partial charge in [0.2, 0.25) is 0 Å². The number of benzene rings is 1. The average Bonchev–Trinajstić information content (AvgIpc) is 3.05. The van der Waals surface area contributed by atoms with Crippen LogP contribution < -0.4 is 5.32 Å². The predicted octanol–water partition coefficient (Wildman–Crippen LogP) is 3.70. The Kier molecular flexibility index (Phi) is 4.50. The van der Waals surface area contributed by atoms with Crippen molar-refractivity contribution in [2.75, 3.05) is 13.1 Å². The van der Waals surface area contributed by atoms with Crippen LogP contribution in [0.15, 0.2) is 47.6 Å². The molecule has 1 aliphatic heterocycles. The lowest BCUT2D eigenvalue weighted by atomic mass is 9.92. The van der Waals surface area contributed by atoms with Gasteiger partial charge in [-0.1, -0.05) is 17.7 Å². The fraction of sp³-hybridized carbons (Fsp3) is 0.316. The molecule has 1 saturated heterocycles. The number of nitrogens with zero attached hydrogens (tertiary/aromatic N) is 2. The van der Waals surface area contributed by atoms with Crippen LogP contribution in [0, 0.1) is 6.92 Å². The summed E-state index contributed by atoms with van der Waals surface area (Å²) in [5.41, 5.74) is 2.34. The summed E-state index contributed by atoms with van der Waals surface area (Å²) in [6.07, 6.45) is 5.48. The molecule has 26 heavy (non-hydrogen) atoms. The third-order valence-corrected chi connectivity index (χ3v) is 7.05. The van der Waals surface area contributed by atoms with Crippen LogP contribution >= 0.6 is 11.6 Å². The molecule has 1 aromatic carbocycles. The summed E-state index contributed by atoms with van der Waals surface area (Å²) in [4.78, 5) is 4.53. The van der Waals surface area contributed by atoms with Crippen molar-refractivity contribution in [2.45, 2.75) is 30.6 Å². The summed E-state index contributed by atoms with van der Waals surface area (Å²) in [6.45, 7) is 3.71. The summed E-state index contributed by atoms with van der Waals surface area (Å²) in [7, 11) is -3.77. The zero-order chi connectivity index (χ0) is 18.3. The quantitative estimate of drug-likeness (QED) is 0.741. The maximum absolute atomic E-state index is 13.3. The molecule has 1 aliphatic rings. The zero-order valence-corrected chi connectivity index (χ0v) is 16.0. The van der Waals surface area contributed by atoms with Gasteiger partial charge in [-0.3, -0.25) is 0 Å². The van der Waals surface area contributed by atoms with Crippen molar-refractivity contribution in [3.63, 3.8) is 0 Å². The Morgan fingerprint density at radius 3 is 2.88 bits per heavy atom. The topological polar surface area (TPSA) is 64.0 Å². The van der Waals surface area contributed by atoms with Gasteiger partial charge in [-0.15, -0.1) is 0 Å². The van der Waals surface area contributed by atoms with Crippen molar-refractivity contribution in [3.05, 3.63) is 58.9 Å². The Bertz CT molecular complexity index is 1070. The molecular weight excluding hydrogens is 370 g/mol. The van der Waals surface area contributed by atoms with Gasteiger partial charge in [0.1, 0.15) is 0 Å². The van der Waals surface area contributed by atoms with E-state index in [4.69, 9.17) is 11.6 Å². The van der Waals surface area contributed by atoms with Gasteiger partial charge in [-0.2, -0.15) is 0 Å². The normalized spacial score (nSPS) is 18.3. The van der Waals surface area contributed by atoms with E-state index in [-0.39, 0.29) is 10.8 Å². The number of rotatable bonds is 3. The zero-order valence-electron chi connectivity index (χ0n) is 14.4. The highest BCUT2D eigenvalue weighted by molar-refractivity contribution is 7.90. The van der Waals surface area contributed by atoms with Crippen LogP contribution in [-0.4, -0.2) is 30.5 Å². The monoisotopic (exact) mass is 389 g/mol. The lowest BCUT2D eigenvalue weighted by Gasteiger charge is -2.22. The SMILES string of the molecule is Cc1ccc(S(=O)(=O)n2cc(C3CCCNC3)c3cccnc32)cc1Cl. The number of pyridine rings is 1. The van der Waals surface area contributed by atoms with Crippen molar-refractivity contribution >= 4 is 32.7 Å². The highest BCUT2D eigenvalue weighted by Gasteiger charge is 2.26. The first-order valence-corrected chi connectivity index (χ1v) is 10.5. The number of nitrogens with one attached hydrogen (secondary N) is 1. The molecule has 7 heteroatoms. The molecule has 0 bridgehead atoms. The maximum Gasteiger partial charge on any atom is 0.269 e. The Morgan fingerprint density at radius 1 is 1.31 bits per heavy atom. The second kappa shape index (κ2) is 6.68. The van der Waals surface area contributed by atoms with E-state index in [1.807, 2.05) is 19.1 Å². The number of hydrogen-bond acceptors (Lipinski definition) is 4. The molecule has 136 valence electrons. The fourth-order valence-corrected chi connectivity index (χ4v) is 5.13. The van der Waals surface area contributed by atoms with Crippen LogP contribution in [0.2, 0.25) is 5.02 Å². The molecule has 0 aliphatic carbocycles. The number of piperidine rings is 1. The van der Waals surface area contributed by atoms with E-state index in [9.17, 15) is 8.42 Å². The van der Waals surface area contributed by atoms with Gasteiger partial charge in [0.15, 0.2) is 5.65 Å². The molecule has 0 radical (unpaired) electrons. The van der Waals surface area contributed by atoms with Gasteiger partial charge in [0.25, 0.3) is 10.0 Å². The number of fused-ring (bicyclic) bond motifs is 1. The summed E-state index contributed by atoms with van der Waals surface area (Å²) >= 11 is 6.15. The Balaban J connectivity index is 1.89. The summed E-state index contributed by atoms with van der Waals surface area (Å²) in [5, 5.41) is 4.72. The van der Waals surface area contributed by atoms with Crippen LogP contribution in [0.3, 0.4) is 0 Å². The van der Waals surface area contributed by atoms with Crippen molar-refractivity contribution < 1.29 is 8.42 Å². The van der Waals surface area contributed by atoms with E-state index in [1.165, 1.54) is 10.0 Å². The highest BCUT2D eigenvalue weighted by Crippen LogP contribution is 2.33. The summed E-state index contributed by atoms with van der Waals surface area (Å²) in [5.74, 6) is 0.286. The second-order valence-electron chi connectivity index (χ2n) is 6.71. The number of hydrogen-bond donors (Lipinski definition) is 1. The van der Waals surface area contributed by atoms with E-state index >= 15 is 0 Å². The van der Waals surface area contributed by atoms with Gasteiger partial charge >= 0.3 is 0 Å². The van der Waals surface area contributed by atoms with E-state index in [1.54, 1.807) is 24.5 Å². The lowest BCUT2D eigenvalue weighted by Crippen LogP contribution is -2.28.